The second-order valence-corrected chi connectivity index (χ2v) is 8.59. The van der Waals surface area contributed by atoms with Gasteiger partial charge in [-0.25, -0.2) is 0 Å². The Morgan fingerprint density at radius 1 is 1.18 bits per heavy atom. The summed E-state index contributed by atoms with van der Waals surface area (Å²) in [6.45, 7) is 1.79. The van der Waals surface area contributed by atoms with Gasteiger partial charge in [0.15, 0.2) is 6.29 Å². The van der Waals surface area contributed by atoms with Crippen molar-refractivity contribution in [2.45, 2.75) is 67.5 Å². The molecule has 0 aromatic heterocycles. The molecule has 3 saturated carbocycles. The predicted molar refractivity (Wildman–Crippen MR) is 76.4 cm³/mol. The second kappa shape index (κ2) is 4.97. The topological polar surface area (TPSA) is 18.5 Å². The van der Waals surface area contributed by atoms with Gasteiger partial charge < -0.3 is 9.47 Å². The minimum atomic E-state index is 0.108. The van der Waals surface area contributed by atoms with Crippen LogP contribution in [0.25, 0.3) is 0 Å². The van der Waals surface area contributed by atoms with Crippen molar-refractivity contribution in [1.29, 1.82) is 0 Å². The average Bonchev–Trinajstić information content (AvgIpc) is 2.26. The second-order valence-electron chi connectivity index (χ2n) is 6.31. The molecule has 2 bridgehead atoms. The highest BCUT2D eigenvalue weighted by molar-refractivity contribution is 14.1. The summed E-state index contributed by atoms with van der Waals surface area (Å²) < 4.78 is 12.1. The van der Waals surface area contributed by atoms with Crippen molar-refractivity contribution in [2.24, 2.45) is 5.41 Å². The first-order chi connectivity index (χ1) is 8.20. The van der Waals surface area contributed by atoms with Crippen molar-refractivity contribution in [1.82, 2.24) is 0 Å². The maximum Gasteiger partial charge on any atom is 0.157 e. The molecule has 4 fully saturated rings. The molecule has 4 rings (SSSR count). The van der Waals surface area contributed by atoms with Gasteiger partial charge in [-0.1, -0.05) is 29.0 Å². The zero-order valence-corrected chi connectivity index (χ0v) is 12.7. The highest BCUT2D eigenvalue weighted by atomic mass is 127. The molecule has 0 aromatic rings. The smallest absolute Gasteiger partial charge is 0.157 e. The van der Waals surface area contributed by atoms with Crippen LogP contribution in [-0.2, 0) is 9.47 Å². The molecule has 1 unspecified atom stereocenters. The minimum Gasteiger partial charge on any atom is -0.353 e. The van der Waals surface area contributed by atoms with Gasteiger partial charge in [0.25, 0.3) is 0 Å². The molecular weight excluding hydrogens is 327 g/mol. The zero-order valence-electron chi connectivity index (χ0n) is 10.5. The van der Waals surface area contributed by atoms with Crippen LogP contribution in [0, 0.1) is 5.41 Å². The average molecular weight is 350 g/mol. The highest BCUT2D eigenvalue weighted by Gasteiger charge is 2.65. The van der Waals surface area contributed by atoms with Gasteiger partial charge in [0.05, 0.1) is 0 Å². The van der Waals surface area contributed by atoms with Gasteiger partial charge in [-0.2, -0.15) is 0 Å². The van der Waals surface area contributed by atoms with E-state index < -0.39 is 0 Å². The third-order valence-corrected chi connectivity index (χ3v) is 5.76. The third kappa shape index (κ3) is 2.81. The summed E-state index contributed by atoms with van der Waals surface area (Å²) in [6, 6.07) is 0. The number of alkyl halides is 1. The summed E-state index contributed by atoms with van der Waals surface area (Å²) >= 11 is 2.66. The van der Waals surface area contributed by atoms with E-state index in [1.54, 1.807) is 0 Å². The summed E-state index contributed by atoms with van der Waals surface area (Å²) in [4.78, 5) is 0. The van der Waals surface area contributed by atoms with E-state index in [1.165, 1.54) is 51.4 Å². The van der Waals surface area contributed by atoms with Crippen LogP contribution < -0.4 is 0 Å². The third-order valence-electron chi connectivity index (χ3n) is 4.62. The van der Waals surface area contributed by atoms with Gasteiger partial charge in [0.2, 0.25) is 0 Å². The standard InChI is InChI=1S/C14H23IO2/c15-14-9-13(10-14,11-14)6-2-4-8-17-12-5-1-3-7-16-12/h12H,1-11H2. The quantitative estimate of drug-likeness (QED) is 0.409. The van der Waals surface area contributed by atoms with Crippen LogP contribution in [0.4, 0.5) is 0 Å². The van der Waals surface area contributed by atoms with E-state index in [2.05, 4.69) is 22.6 Å². The molecule has 1 heterocycles. The molecule has 3 heteroatoms. The van der Waals surface area contributed by atoms with Crippen LogP contribution in [0.3, 0.4) is 0 Å². The Morgan fingerprint density at radius 2 is 2.00 bits per heavy atom. The molecular formula is C14H23IO2. The zero-order chi connectivity index (χ0) is 11.8. The van der Waals surface area contributed by atoms with E-state index in [-0.39, 0.29) is 6.29 Å². The van der Waals surface area contributed by atoms with Crippen LogP contribution in [0.15, 0.2) is 0 Å². The normalized spacial score (nSPS) is 43.9. The van der Waals surface area contributed by atoms with Crippen LogP contribution in [0.2, 0.25) is 0 Å². The fourth-order valence-electron chi connectivity index (χ4n) is 3.79. The van der Waals surface area contributed by atoms with Crippen molar-refractivity contribution >= 4 is 22.6 Å². The SMILES string of the molecule is IC12CC(CCCCOC3CCCCO3)(C1)C2. The molecule has 0 amide bonds. The maximum absolute atomic E-state index is 5.76. The van der Waals surface area contributed by atoms with E-state index in [1.807, 2.05) is 0 Å². The number of halogens is 1. The predicted octanol–water partition coefficient (Wildman–Crippen LogP) is 4.06. The summed E-state index contributed by atoms with van der Waals surface area (Å²) in [6.07, 6.45) is 12.2. The Labute approximate surface area is 118 Å². The van der Waals surface area contributed by atoms with Crippen LogP contribution >= 0.6 is 22.6 Å². The van der Waals surface area contributed by atoms with E-state index in [0.29, 0.717) is 0 Å². The molecule has 0 aromatic carbocycles. The lowest BCUT2D eigenvalue weighted by Gasteiger charge is -2.68. The Kier molecular flexibility index (Phi) is 3.70. The lowest BCUT2D eigenvalue weighted by molar-refractivity contribution is -0.163. The van der Waals surface area contributed by atoms with Gasteiger partial charge in [0, 0.05) is 16.6 Å². The Hall–Kier alpha value is 0.650. The maximum atomic E-state index is 5.76. The fraction of sp³-hybridized carbons (Fsp3) is 1.00. The molecule has 1 aliphatic heterocycles. The van der Waals surface area contributed by atoms with E-state index in [0.717, 1.165) is 28.5 Å². The van der Waals surface area contributed by atoms with Crippen molar-refractivity contribution in [3.05, 3.63) is 0 Å². The van der Waals surface area contributed by atoms with E-state index in [4.69, 9.17) is 9.47 Å². The molecule has 0 radical (unpaired) electrons. The Balaban J connectivity index is 1.22. The van der Waals surface area contributed by atoms with Gasteiger partial charge in [-0.15, -0.1) is 0 Å². The van der Waals surface area contributed by atoms with Crippen LogP contribution in [0.5, 0.6) is 0 Å². The molecule has 2 nitrogen and oxygen atoms in total. The summed E-state index contributed by atoms with van der Waals surface area (Å²) in [5.74, 6) is 0. The summed E-state index contributed by atoms with van der Waals surface area (Å²) in [7, 11) is 0. The molecule has 3 aliphatic carbocycles. The molecule has 4 aliphatic rings. The first-order valence-corrected chi connectivity index (χ1v) is 8.20. The van der Waals surface area contributed by atoms with Crippen molar-refractivity contribution in [3.8, 4) is 0 Å². The molecule has 17 heavy (non-hydrogen) atoms. The monoisotopic (exact) mass is 350 g/mol. The molecule has 1 atom stereocenters. The van der Waals surface area contributed by atoms with E-state index >= 15 is 0 Å². The lowest BCUT2D eigenvalue weighted by atomic mass is 9.43. The molecule has 1 saturated heterocycles. The number of ether oxygens (including phenoxy) is 2. The molecule has 0 N–H and O–H groups in total. The van der Waals surface area contributed by atoms with Gasteiger partial charge in [-0.05, 0) is 56.8 Å². The van der Waals surface area contributed by atoms with Crippen LogP contribution in [-0.4, -0.2) is 22.9 Å². The van der Waals surface area contributed by atoms with E-state index in [9.17, 15) is 0 Å². The highest BCUT2D eigenvalue weighted by Crippen LogP contribution is 2.73. The summed E-state index contributed by atoms with van der Waals surface area (Å²) in [5.41, 5.74) is 0.780. The molecule has 98 valence electrons. The van der Waals surface area contributed by atoms with Crippen LogP contribution in [0.1, 0.15) is 57.8 Å². The Bertz CT molecular complexity index is 254. The van der Waals surface area contributed by atoms with Gasteiger partial charge in [0.1, 0.15) is 0 Å². The number of hydrogen-bond donors (Lipinski definition) is 0. The van der Waals surface area contributed by atoms with Gasteiger partial charge >= 0.3 is 0 Å². The minimum absolute atomic E-state index is 0.108. The first-order valence-electron chi connectivity index (χ1n) is 7.12. The first kappa shape index (κ1) is 12.7. The number of unbranched alkanes of at least 4 members (excludes halogenated alkanes) is 1. The lowest BCUT2D eigenvalue weighted by Crippen LogP contribution is -2.62. The summed E-state index contributed by atoms with van der Waals surface area (Å²) in [5, 5.41) is 0. The largest absolute Gasteiger partial charge is 0.353 e. The fourth-order valence-corrected chi connectivity index (χ4v) is 6.21. The van der Waals surface area contributed by atoms with Gasteiger partial charge in [-0.3, -0.25) is 0 Å². The Morgan fingerprint density at radius 3 is 2.65 bits per heavy atom. The van der Waals surface area contributed by atoms with Crippen molar-refractivity contribution in [2.75, 3.05) is 13.2 Å². The number of hydrogen-bond acceptors (Lipinski definition) is 2. The molecule has 0 spiro atoms. The number of rotatable bonds is 6. The van der Waals surface area contributed by atoms with Crippen molar-refractivity contribution < 1.29 is 9.47 Å². The van der Waals surface area contributed by atoms with Crippen molar-refractivity contribution in [3.63, 3.8) is 0 Å².